The number of anilines is 2. The van der Waals surface area contributed by atoms with Crippen LogP contribution in [0.4, 0.5) is 20.2 Å². The minimum absolute atomic E-state index is 0.0190. The molecule has 7 heteroatoms. The number of amides is 2. The fraction of sp³-hybridized carbons (Fsp3) is 0.300. The van der Waals surface area contributed by atoms with E-state index in [4.69, 9.17) is 4.74 Å². The van der Waals surface area contributed by atoms with Gasteiger partial charge >= 0.3 is 0 Å². The molecule has 2 amide bonds. The highest BCUT2D eigenvalue weighted by Gasteiger charge is 2.25. The van der Waals surface area contributed by atoms with Gasteiger partial charge < -0.3 is 15.0 Å². The predicted molar refractivity (Wildman–Crippen MR) is 97.8 cm³/mol. The molecule has 2 aromatic carbocycles. The van der Waals surface area contributed by atoms with Crippen molar-refractivity contribution in [3.63, 3.8) is 0 Å². The van der Waals surface area contributed by atoms with E-state index in [9.17, 15) is 18.4 Å². The van der Waals surface area contributed by atoms with Crippen LogP contribution in [0.3, 0.4) is 0 Å². The first kappa shape index (κ1) is 19.0. The SMILES string of the molecule is CC(=O)N(c1ccc(NC(=O)c2ccc(F)c(F)c2)cc1)C1CCOCC1. The standard InChI is InChI=1S/C20H20F2N2O3/c1-13(25)24(17-8-10-27-11-9-17)16-5-3-15(4-6-16)23-20(26)14-2-7-18(21)19(22)12-14/h2-7,12,17H,8-11H2,1H3,(H,23,26). The highest BCUT2D eigenvalue weighted by molar-refractivity contribution is 6.04. The number of benzene rings is 2. The van der Waals surface area contributed by atoms with Crippen molar-refractivity contribution in [3.8, 4) is 0 Å². The van der Waals surface area contributed by atoms with Crippen molar-refractivity contribution in [1.29, 1.82) is 0 Å². The van der Waals surface area contributed by atoms with Gasteiger partial charge in [0.25, 0.3) is 5.91 Å². The third-order valence-corrected chi connectivity index (χ3v) is 4.48. The zero-order valence-electron chi connectivity index (χ0n) is 14.9. The molecule has 0 atom stereocenters. The van der Waals surface area contributed by atoms with E-state index >= 15 is 0 Å². The van der Waals surface area contributed by atoms with Crippen molar-refractivity contribution in [2.45, 2.75) is 25.8 Å². The van der Waals surface area contributed by atoms with E-state index in [1.807, 2.05) is 0 Å². The monoisotopic (exact) mass is 374 g/mol. The second-order valence-corrected chi connectivity index (χ2v) is 6.36. The Balaban J connectivity index is 1.72. The van der Waals surface area contributed by atoms with Gasteiger partial charge in [-0.15, -0.1) is 0 Å². The number of hydrogen-bond acceptors (Lipinski definition) is 3. The maximum Gasteiger partial charge on any atom is 0.255 e. The third-order valence-electron chi connectivity index (χ3n) is 4.48. The molecular formula is C20H20F2N2O3. The van der Waals surface area contributed by atoms with Gasteiger partial charge in [0.15, 0.2) is 11.6 Å². The predicted octanol–water partition coefficient (Wildman–Crippen LogP) is 3.75. The molecule has 1 aliphatic rings. The molecule has 0 radical (unpaired) electrons. The fourth-order valence-electron chi connectivity index (χ4n) is 3.14. The molecular weight excluding hydrogens is 354 g/mol. The lowest BCUT2D eigenvalue weighted by molar-refractivity contribution is -0.117. The molecule has 1 N–H and O–H groups in total. The van der Waals surface area contributed by atoms with Crippen LogP contribution < -0.4 is 10.2 Å². The summed E-state index contributed by atoms with van der Waals surface area (Å²) in [5.74, 6) is -2.69. The molecule has 142 valence electrons. The van der Waals surface area contributed by atoms with E-state index in [1.165, 1.54) is 13.0 Å². The van der Waals surface area contributed by atoms with Crippen LogP contribution in [0, 0.1) is 11.6 Å². The van der Waals surface area contributed by atoms with Gasteiger partial charge in [0.2, 0.25) is 5.91 Å². The van der Waals surface area contributed by atoms with Crippen molar-refractivity contribution in [3.05, 3.63) is 59.7 Å². The van der Waals surface area contributed by atoms with Gasteiger partial charge in [-0.1, -0.05) is 0 Å². The molecule has 1 heterocycles. The first-order valence-corrected chi connectivity index (χ1v) is 8.69. The molecule has 0 aromatic heterocycles. The van der Waals surface area contributed by atoms with Crippen molar-refractivity contribution in [2.75, 3.05) is 23.4 Å². The molecule has 0 unspecified atom stereocenters. The molecule has 1 aliphatic heterocycles. The number of nitrogens with one attached hydrogen (secondary N) is 1. The van der Waals surface area contributed by atoms with Gasteiger partial charge in [-0.25, -0.2) is 8.78 Å². The minimum Gasteiger partial charge on any atom is -0.381 e. The summed E-state index contributed by atoms with van der Waals surface area (Å²) in [5, 5.41) is 2.63. The Morgan fingerprint density at radius 1 is 1.04 bits per heavy atom. The van der Waals surface area contributed by atoms with Crippen LogP contribution in [0.5, 0.6) is 0 Å². The van der Waals surface area contributed by atoms with Crippen LogP contribution in [0.15, 0.2) is 42.5 Å². The average Bonchev–Trinajstić information content (AvgIpc) is 2.66. The summed E-state index contributed by atoms with van der Waals surface area (Å²) in [6, 6.07) is 9.89. The van der Waals surface area contributed by atoms with Crippen LogP contribution in [-0.4, -0.2) is 31.1 Å². The molecule has 2 aromatic rings. The van der Waals surface area contributed by atoms with Crippen molar-refractivity contribution in [2.24, 2.45) is 0 Å². The van der Waals surface area contributed by atoms with Gasteiger partial charge in [0.1, 0.15) is 0 Å². The largest absolute Gasteiger partial charge is 0.381 e. The Hall–Kier alpha value is -2.80. The highest BCUT2D eigenvalue weighted by Crippen LogP contribution is 2.25. The number of carbonyl (C=O) groups excluding carboxylic acids is 2. The van der Waals surface area contributed by atoms with E-state index in [0.717, 1.165) is 30.7 Å². The molecule has 5 nitrogen and oxygen atoms in total. The summed E-state index contributed by atoms with van der Waals surface area (Å²) in [4.78, 5) is 26.0. The highest BCUT2D eigenvalue weighted by atomic mass is 19.2. The summed E-state index contributed by atoms with van der Waals surface area (Å²) in [6.07, 6.45) is 1.54. The number of ether oxygens (including phenoxy) is 1. The first-order chi connectivity index (χ1) is 13.0. The maximum atomic E-state index is 13.3. The number of rotatable bonds is 4. The molecule has 0 spiro atoms. The summed E-state index contributed by atoms with van der Waals surface area (Å²) >= 11 is 0. The summed E-state index contributed by atoms with van der Waals surface area (Å²) in [5.41, 5.74) is 1.25. The van der Waals surface area contributed by atoms with Gasteiger partial charge in [-0.05, 0) is 55.3 Å². The zero-order chi connectivity index (χ0) is 19.4. The van der Waals surface area contributed by atoms with Crippen LogP contribution in [0.1, 0.15) is 30.1 Å². The second kappa shape index (κ2) is 8.26. The smallest absolute Gasteiger partial charge is 0.255 e. The Bertz CT molecular complexity index is 834. The van der Waals surface area contributed by atoms with E-state index in [0.29, 0.717) is 18.9 Å². The molecule has 1 saturated heterocycles. The third kappa shape index (κ3) is 4.49. The van der Waals surface area contributed by atoms with Gasteiger partial charge in [0, 0.05) is 43.1 Å². The zero-order valence-corrected chi connectivity index (χ0v) is 14.9. The Morgan fingerprint density at radius 3 is 2.30 bits per heavy atom. The molecule has 27 heavy (non-hydrogen) atoms. The van der Waals surface area contributed by atoms with Crippen LogP contribution in [0.25, 0.3) is 0 Å². The number of carbonyl (C=O) groups is 2. The number of hydrogen-bond donors (Lipinski definition) is 1. The fourth-order valence-corrected chi connectivity index (χ4v) is 3.14. The topological polar surface area (TPSA) is 58.6 Å². The average molecular weight is 374 g/mol. The molecule has 0 bridgehead atoms. The van der Waals surface area contributed by atoms with E-state index < -0.39 is 17.5 Å². The van der Waals surface area contributed by atoms with Gasteiger partial charge in [-0.2, -0.15) is 0 Å². The molecule has 1 fully saturated rings. The van der Waals surface area contributed by atoms with E-state index in [2.05, 4.69) is 5.32 Å². The van der Waals surface area contributed by atoms with Crippen LogP contribution in [-0.2, 0) is 9.53 Å². The number of nitrogens with zero attached hydrogens (tertiary/aromatic N) is 1. The normalized spacial score (nSPS) is 14.6. The summed E-state index contributed by atoms with van der Waals surface area (Å²) < 4.78 is 31.6. The van der Waals surface area contributed by atoms with Crippen molar-refractivity contribution >= 4 is 23.2 Å². The van der Waals surface area contributed by atoms with E-state index in [1.54, 1.807) is 29.2 Å². The quantitative estimate of drug-likeness (QED) is 0.887. The van der Waals surface area contributed by atoms with Crippen LogP contribution >= 0.6 is 0 Å². The number of halogens is 2. The van der Waals surface area contributed by atoms with Crippen molar-refractivity contribution in [1.82, 2.24) is 0 Å². The lowest BCUT2D eigenvalue weighted by atomic mass is 10.1. The van der Waals surface area contributed by atoms with Crippen LogP contribution in [0.2, 0.25) is 0 Å². The molecule has 0 aliphatic carbocycles. The minimum atomic E-state index is -1.08. The molecule has 0 saturated carbocycles. The summed E-state index contributed by atoms with van der Waals surface area (Å²) in [7, 11) is 0. The van der Waals surface area contributed by atoms with E-state index in [-0.39, 0.29) is 17.5 Å². The van der Waals surface area contributed by atoms with Gasteiger partial charge in [0.05, 0.1) is 0 Å². The van der Waals surface area contributed by atoms with Crippen molar-refractivity contribution < 1.29 is 23.1 Å². The lowest BCUT2D eigenvalue weighted by Crippen LogP contribution is -2.42. The van der Waals surface area contributed by atoms with Gasteiger partial charge in [-0.3, -0.25) is 9.59 Å². The Morgan fingerprint density at radius 2 is 1.70 bits per heavy atom. The Labute approximate surface area is 155 Å². The first-order valence-electron chi connectivity index (χ1n) is 8.69. The second-order valence-electron chi connectivity index (χ2n) is 6.36. The Kier molecular flexibility index (Phi) is 5.81. The maximum absolute atomic E-state index is 13.3. The molecule has 3 rings (SSSR count). The lowest BCUT2D eigenvalue weighted by Gasteiger charge is -2.33. The summed E-state index contributed by atoms with van der Waals surface area (Å²) in [6.45, 7) is 2.77.